The summed E-state index contributed by atoms with van der Waals surface area (Å²) in [6.07, 6.45) is 1.77. The molecular formula is C17H16OSi. The van der Waals surface area contributed by atoms with Crippen LogP contribution in [0.1, 0.15) is 0 Å². The monoisotopic (exact) mass is 264 g/mol. The second-order valence-electron chi connectivity index (χ2n) is 4.83. The molecule has 0 fully saturated rings. The van der Waals surface area contributed by atoms with Crippen LogP contribution in [0, 0.1) is 0 Å². The van der Waals surface area contributed by atoms with Gasteiger partial charge in [-0.05, 0) is 22.5 Å². The van der Waals surface area contributed by atoms with E-state index in [1.165, 1.54) is 10.4 Å². The van der Waals surface area contributed by atoms with Crippen molar-refractivity contribution in [3.63, 3.8) is 0 Å². The van der Waals surface area contributed by atoms with Crippen molar-refractivity contribution >= 4 is 23.8 Å². The van der Waals surface area contributed by atoms with Crippen LogP contribution in [-0.4, -0.2) is 8.07 Å². The molecule has 0 aliphatic heterocycles. The molecule has 19 heavy (non-hydrogen) atoms. The zero-order valence-corrected chi connectivity index (χ0v) is 11.9. The Morgan fingerprint density at radius 1 is 0.684 bits per heavy atom. The van der Waals surface area contributed by atoms with Gasteiger partial charge in [0, 0.05) is 0 Å². The molecule has 1 aromatic heterocycles. The van der Waals surface area contributed by atoms with Gasteiger partial charge in [0.25, 0.3) is 0 Å². The van der Waals surface area contributed by atoms with Crippen LogP contribution in [0.5, 0.6) is 0 Å². The van der Waals surface area contributed by atoms with Gasteiger partial charge in [0.1, 0.15) is 0 Å². The zero-order chi connectivity index (χ0) is 13.1. The molecule has 94 valence electrons. The molecule has 0 unspecified atom stereocenters. The van der Waals surface area contributed by atoms with E-state index in [9.17, 15) is 0 Å². The van der Waals surface area contributed by atoms with Gasteiger partial charge in [-0.1, -0.05) is 67.2 Å². The lowest BCUT2D eigenvalue weighted by molar-refractivity contribution is 0.598. The Morgan fingerprint density at radius 3 is 1.63 bits per heavy atom. The van der Waals surface area contributed by atoms with Crippen molar-refractivity contribution in [2.24, 2.45) is 0 Å². The summed E-state index contributed by atoms with van der Waals surface area (Å²) in [6.45, 7) is 2.34. The van der Waals surface area contributed by atoms with E-state index in [2.05, 4.69) is 73.3 Å². The van der Waals surface area contributed by atoms with Crippen molar-refractivity contribution in [3.05, 3.63) is 79.1 Å². The number of rotatable bonds is 3. The van der Waals surface area contributed by atoms with Crippen LogP contribution in [0.3, 0.4) is 0 Å². The highest BCUT2D eigenvalue weighted by molar-refractivity contribution is 7.10. The second kappa shape index (κ2) is 4.90. The van der Waals surface area contributed by atoms with Gasteiger partial charge < -0.3 is 4.42 Å². The van der Waals surface area contributed by atoms with Crippen LogP contribution < -0.4 is 15.8 Å². The lowest BCUT2D eigenvalue weighted by Crippen LogP contribution is -2.64. The van der Waals surface area contributed by atoms with Crippen LogP contribution in [-0.2, 0) is 0 Å². The lowest BCUT2D eigenvalue weighted by atomic mass is 10.4. The van der Waals surface area contributed by atoms with Gasteiger partial charge >= 0.3 is 0 Å². The van der Waals surface area contributed by atoms with Gasteiger partial charge in [-0.2, -0.15) is 0 Å². The average molecular weight is 264 g/mol. The van der Waals surface area contributed by atoms with Gasteiger partial charge in [-0.15, -0.1) is 0 Å². The maximum Gasteiger partial charge on any atom is 0.189 e. The van der Waals surface area contributed by atoms with Gasteiger partial charge in [-0.3, -0.25) is 0 Å². The first kappa shape index (κ1) is 12.0. The van der Waals surface area contributed by atoms with E-state index < -0.39 is 8.07 Å². The number of hydrogen-bond donors (Lipinski definition) is 0. The smallest absolute Gasteiger partial charge is 0.189 e. The highest BCUT2D eigenvalue weighted by Gasteiger charge is 2.36. The van der Waals surface area contributed by atoms with E-state index in [4.69, 9.17) is 4.42 Å². The largest absolute Gasteiger partial charge is 0.474 e. The van der Waals surface area contributed by atoms with E-state index in [0.29, 0.717) is 0 Å². The Bertz CT molecular complexity index is 590. The van der Waals surface area contributed by atoms with Crippen LogP contribution in [0.4, 0.5) is 0 Å². The lowest BCUT2D eigenvalue weighted by Gasteiger charge is -2.26. The van der Waals surface area contributed by atoms with Crippen molar-refractivity contribution in [1.82, 2.24) is 0 Å². The van der Waals surface area contributed by atoms with Crippen LogP contribution in [0.25, 0.3) is 0 Å². The first-order valence-electron chi connectivity index (χ1n) is 6.47. The van der Waals surface area contributed by atoms with E-state index in [1.54, 1.807) is 6.26 Å². The topological polar surface area (TPSA) is 13.1 Å². The fraction of sp³-hybridized carbons (Fsp3) is 0.0588. The van der Waals surface area contributed by atoms with Crippen LogP contribution in [0.2, 0.25) is 6.55 Å². The van der Waals surface area contributed by atoms with E-state index in [1.807, 2.05) is 6.07 Å². The Morgan fingerprint density at radius 2 is 1.21 bits per heavy atom. The van der Waals surface area contributed by atoms with Crippen molar-refractivity contribution in [2.75, 3.05) is 0 Å². The molecule has 0 aliphatic rings. The molecule has 1 heterocycles. The van der Waals surface area contributed by atoms with E-state index in [-0.39, 0.29) is 0 Å². The van der Waals surface area contributed by atoms with E-state index >= 15 is 0 Å². The SMILES string of the molecule is C[Si](c1ccccc1)(c1ccccc1)c1ccco1. The predicted octanol–water partition coefficient (Wildman–Crippen LogP) is 2.38. The fourth-order valence-corrected chi connectivity index (χ4v) is 5.91. The summed E-state index contributed by atoms with van der Waals surface area (Å²) in [6, 6.07) is 25.5. The van der Waals surface area contributed by atoms with Crippen LogP contribution in [0.15, 0.2) is 83.5 Å². The normalized spacial score (nSPS) is 11.4. The molecule has 3 rings (SSSR count). The number of hydrogen-bond acceptors (Lipinski definition) is 1. The third kappa shape index (κ3) is 2.04. The molecule has 0 spiro atoms. The van der Waals surface area contributed by atoms with E-state index in [0.717, 1.165) is 5.38 Å². The highest BCUT2D eigenvalue weighted by atomic mass is 28.3. The van der Waals surface area contributed by atoms with Gasteiger partial charge in [0.05, 0.1) is 11.6 Å². The molecule has 1 nitrogen and oxygen atoms in total. The summed E-state index contributed by atoms with van der Waals surface area (Å²) in [5, 5.41) is 3.84. The standard InChI is InChI=1S/C17H16OSi/c1-19(17-13-8-14-18-17,15-9-4-2-5-10-15)16-11-6-3-7-12-16/h2-14H,1H3. The van der Waals surface area contributed by atoms with Crippen molar-refractivity contribution in [3.8, 4) is 0 Å². The predicted molar refractivity (Wildman–Crippen MR) is 82.1 cm³/mol. The minimum absolute atomic E-state index is 1.10. The molecule has 0 atom stereocenters. The first-order chi connectivity index (χ1) is 9.32. The summed E-state index contributed by atoms with van der Waals surface area (Å²) in [4.78, 5) is 0. The average Bonchev–Trinajstić information content (AvgIpc) is 3.03. The minimum Gasteiger partial charge on any atom is -0.474 e. The first-order valence-corrected chi connectivity index (χ1v) is 8.97. The molecule has 0 N–H and O–H groups in total. The molecule has 2 aromatic carbocycles. The molecule has 0 bridgehead atoms. The third-order valence-electron chi connectivity index (χ3n) is 3.72. The summed E-state index contributed by atoms with van der Waals surface area (Å²) >= 11 is 0. The summed E-state index contributed by atoms with van der Waals surface area (Å²) in [5.41, 5.74) is 0. The Labute approximate surface area is 114 Å². The summed E-state index contributed by atoms with van der Waals surface area (Å²) in [7, 11) is -1.99. The quantitative estimate of drug-likeness (QED) is 0.662. The molecule has 3 aromatic rings. The Hall–Kier alpha value is -2.06. The maximum atomic E-state index is 5.77. The Kier molecular flexibility index (Phi) is 3.09. The number of benzene rings is 2. The van der Waals surface area contributed by atoms with Gasteiger partial charge in [0.15, 0.2) is 8.07 Å². The van der Waals surface area contributed by atoms with Crippen molar-refractivity contribution in [2.45, 2.75) is 6.55 Å². The molecule has 0 saturated heterocycles. The van der Waals surface area contributed by atoms with Crippen molar-refractivity contribution in [1.29, 1.82) is 0 Å². The van der Waals surface area contributed by atoms with Crippen LogP contribution >= 0.6 is 0 Å². The van der Waals surface area contributed by atoms with Crippen molar-refractivity contribution < 1.29 is 4.42 Å². The molecule has 0 radical (unpaired) electrons. The number of furan rings is 1. The second-order valence-corrected chi connectivity index (χ2v) is 8.73. The zero-order valence-electron chi connectivity index (χ0n) is 10.9. The molecule has 0 aliphatic carbocycles. The van der Waals surface area contributed by atoms with Gasteiger partial charge in [0.2, 0.25) is 0 Å². The molecule has 0 amide bonds. The highest BCUT2D eigenvalue weighted by Crippen LogP contribution is 2.07. The fourth-order valence-electron chi connectivity index (χ4n) is 2.56. The molecule has 0 saturated carbocycles. The third-order valence-corrected chi connectivity index (χ3v) is 7.96. The molecular weight excluding hydrogens is 248 g/mol. The summed E-state index contributed by atoms with van der Waals surface area (Å²) in [5.74, 6) is 0. The minimum atomic E-state index is -1.99. The maximum absolute atomic E-state index is 5.77. The Balaban J connectivity index is 2.23. The van der Waals surface area contributed by atoms with Gasteiger partial charge in [-0.25, -0.2) is 0 Å². The molecule has 2 heteroatoms. The summed E-state index contributed by atoms with van der Waals surface area (Å²) < 4.78 is 5.77.